The third kappa shape index (κ3) is 4.47. The standard InChI is InChI=1S/C24H30N2O5S/c1-30-22-13-12-20(15-23(22)31-2)32(28,29)26-16-18-9-7-6-8-17(18)14-21(26)24(27)25-19-10-4-3-5-11-19/h6-9,12-13,15,19,21H,3-5,10-11,14,16H2,1-2H3,(H,25,27)/t21-/m1/s1. The van der Waals surface area contributed by atoms with Crippen LogP contribution in [-0.2, 0) is 27.8 Å². The monoisotopic (exact) mass is 458 g/mol. The minimum Gasteiger partial charge on any atom is -0.493 e. The van der Waals surface area contributed by atoms with Gasteiger partial charge in [-0.3, -0.25) is 4.79 Å². The highest BCUT2D eigenvalue weighted by molar-refractivity contribution is 7.89. The third-order valence-corrected chi connectivity index (χ3v) is 8.27. The van der Waals surface area contributed by atoms with Gasteiger partial charge in [-0.2, -0.15) is 4.31 Å². The SMILES string of the molecule is COc1ccc(S(=O)(=O)N2Cc3ccccc3C[C@@H]2C(=O)NC2CCCCC2)cc1OC. The summed E-state index contributed by atoms with van der Waals surface area (Å²) >= 11 is 0. The summed E-state index contributed by atoms with van der Waals surface area (Å²) in [7, 11) is -0.997. The van der Waals surface area contributed by atoms with Crippen LogP contribution in [0.3, 0.4) is 0 Å². The maximum atomic E-state index is 13.7. The van der Waals surface area contributed by atoms with Gasteiger partial charge in [-0.1, -0.05) is 43.5 Å². The van der Waals surface area contributed by atoms with E-state index in [0.29, 0.717) is 17.9 Å². The smallest absolute Gasteiger partial charge is 0.244 e. The largest absolute Gasteiger partial charge is 0.493 e. The van der Waals surface area contributed by atoms with Crippen molar-refractivity contribution in [1.29, 1.82) is 0 Å². The summed E-state index contributed by atoms with van der Waals surface area (Å²) < 4.78 is 39.3. The van der Waals surface area contributed by atoms with Gasteiger partial charge in [-0.15, -0.1) is 0 Å². The number of ether oxygens (including phenoxy) is 2. The van der Waals surface area contributed by atoms with Crippen molar-refractivity contribution in [1.82, 2.24) is 9.62 Å². The number of methoxy groups -OCH3 is 2. The maximum Gasteiger partial charge on any atom is 0.244 e. The number of nitrogens with one attached hydrogen (secondary N) is 1. The van der Waals surface area contributed by atoms with Crippen molar-refractivity contribution in [2.24, 2.45) is 0 Å². The van der Waals surface area contributed by atoms with Crippen LogP contribution in [0.4, 0.5) is 0 Å². The van der Waals surface area contributed by atoms with E-state index in [-0.39, 0.29) is 23.4 Å². The van der Waals surface area contributed by atoms with Crippen LogP contribution in [0.1, 0.15) is 43.2 Å². The lowest BCUT2D eigenvalue weighted by molar-refractivity contribution is -0.126. The van der Waals surface area contributed by atoms with E-state index in [1.165, 1.54) is 37.1 Å². The second kappa shape index (κ2) is 9.50. The molecule has 1 atom stereocenters. The van der Waals surface area contributed by atoms with Crippen molar-refractivity contribution >= 4 is 15.9 Å². The van der Waals surface area contributed by atoms with Gasteiger partial charge in [0.25, 0.3) is 0 Å². The molecular weight excluding hydrogens is 428 g/mol. The van der Waals surface area contributed by atoms with Gasteiger partial charge < -0.3 is 14.8 Å². The van der Waals surface area contributed by atoms with Crippen LogP contribution < -0.4 is 14.8 Å². The topological polar surface area (TPSA) is 84.9 Å². The van der Waals surface area contributed by atoms with Gasteiger partial charge in [0, 0.05) is 18.7 Å². The van der Waals surface area contributed by atoms with E-state index in [0.717, 1.165) is 36.8 Å². The molecule has 1 saturated carbocycles. The van der Waals surface area contributed by atoms with Crippen molar-refractivity contribution in [3.05, 3.63) is 53.6 Å². The summed E-state index contributed by atoms with van der Waals surface area (Å²) in [4.78, 5) is 13.4. The molecule has 1 N–H and O–H groups in total. The molecule has 0 bridgehead atoms. The van der Waals surface area contributed by atoms with E-state index in [9.17, 15) is 13.2 Å². The fourth-order valence-electron chi connectivity index (χ4n) is 4.63. The van der Waals surface area contributed by atoms with Crippen molar-refractivity contribution in [2.45, 2.75) is 62.0 Å². The maximum absolute atomic E-state index is 13.7. The summed E-state index contributed by atoms with van der Waals surface area (Å²) in [6, 6.07) is 11.5. The molecule has 0 unspecified atom stereocenters. The Balaban J connectivity index is 1.68. The molecular formula is C24H30N2O5S. The molecule has 0 spiro atoms. The number of sulfonamides is 1. The molecule has 2 aromatic rings. The first-order chi connectivity index (χ1) is 15.4. The average molecular weight is 459 g/mol. The molecule has 1 aliphatic heterocycles. The van der Waals surface area contributed by atoms with Crippen LogP contribution in [0.5, 0.6) is 11.5 Å². The van der Waals surface area contributed by atoms with E-state index < -0.39 is 16.1 Å². The summed E-state index contributed by atoms with van der Waals surface area (Å²) in [6.45, 7) is 0.148. The minimum atomic E-state index is -3.96. The van der Waals surface area contributed by atoms with Gasteiger partial charge in [0.2, 0.25) is 15.9 Å². The van der Waals surface area contributed by atoms with Crippen LogP contribution in [0.2, 0.25) is 0 Å². The van der Waals surface area contributed by atoms with Crippen molar-refractivity contribution in [3.63, 3.8) is 0 Å². The first kappa shape index (κ1) is 22.6. The Morgan fingerprint density at radius 1 is 0.969 bits per heavy atom. The molecule has 2 aliphatic rings. The molecule has 4 rings (SSSR count). The van der Waals surface area contributed by atoms with E-state index >= 15 is 0 Å². The molecule has 32 heavy (non-hydrogen) atoms. The molecule has 1 amide bonds. The number of benzene rings is 2. The summed E-state index contributed by atoms with van der Waals surface area (Å²) in [6.07, 6.45) is 5.59. The zero-order chi connectivity index (χ0) is 22.7. The third-order valence-electron chi connectivity index (χ3n) is 6.42. The quantitative estimate of drug-likeness (QED) is 0.718. The molecule has 1 heterocycles. The molecule has 2 aromatic carbocycles. The lowest BCUT2D eigenvalue weighted by atomic mass is 9.93. The Hall–Kier alpha value is -2.58. The Bertz CT molecular complexity index is 1080. The lowest BCUT2D eigenvalue weighted by Gasteiger charge is -2.36. The number of carbonyl (C=O) groups is 1. The minimum absolute atomic E-state index is 0.0741. The Morgan fingerprint density at radius 3 is 2.34 bits per heavy atom. The summed E-state index contributed by atoms with van der Waals surface area (Å²) in [5, 5.41) is 3.12. The van der Waals surface area contributed by atoms with Gasteiger partial charge >= 0.3 is 0 Å². The van der Waals surface area contributed by atoms with Crippen molar-refractivity contribution in [2.75, 3.05) is 14.2 Å². The van der Waals surface area contributed by atoms with E-state index in [1.807, 2.05) is 24.3 Å². The molecule has 172 valence electrons. The van der Waals surface area contributed by atoms with E-state index in [4.69, 9.17) is 9.47 Å². The second-order valence-corrected chi connectivity index (χ2v) is 10.3. The predicted molar refractivity (Wildman–Crippen MR) is 121 cm³/mol. The van der Waals surface area contributed by atoms with Gasteiger partial charge in [0.05, 0.1) is 19.1 Å². The fraction of sp³-hybridized carbons (Fsp3) is 0.458. The van der Waals surface area contributed by atoms with E-state index in [2.05, 4.69) is 5.32 Å². The number of rotatable bonds is 6. The fourth-order valence-corrected chi connectivity index (χ4v) is 6.21. The Labute approximate surface area is 189 Å². The Kier molecular flexibility index (Phi) is 6.71. The zero-order valence-corrected chi connectivity index (χ0v) is 19.4. The highest BCUT2D eigenvalue weighted by Gasteiger charge is 2.40. The number of fused-ring (bicyclic) bond motifs is 1. The molecule has 8 heteroatoms. The van der Waals surface area contributed by atoms with Crippen LogP contribution in [0, 0.1) is 0 Å². The second-order valence-electron chi connectivity index (χ2n) is 8.40. The first-order valence-electron chi connectivity index (χ1n) is 11.0. The average Bonchev–Trinajstić information content (AvgIpc) is 2.83. The van der Waals surface area contributed by atoms with Gasteiger partial charge in [-0.25, -0.2) is 8.42 Å². The first-order valence-corrected chi connectivity index (χ1v) is 12.5. The number of carbonyl (C=O) groups excluding carboxylic acids is 1. The van der Waals surface area contributed by atoms with Crippen LogP contribution in [0.25, 0.3) is 0 Å². The van der Waals surface area contributed by atoms with Gasteiger partial charge in [0.15, 0.2) is 11.5 Å². The number of hydrogen-bond donors (Lipinski definition) is 1. The predicted octanol–water partition coefficient (Wildman–Crippen LogP) is 3.27. The molecule has 7 nitrogen and oxygen atoms in total. The zero-order valence-electron chi connectivity index (χ0n) is 18.5. The molecule has 0 saturated heterocycles. The highest BCUT2D eigenvalue weighted by atomic mass is 32.2. The normalized spacial score (nSPS) is 19.8. The molecule has 0 aromatic heterocycles. The number of hydrogen-bond acceptors (Lipinski definition) is 5. The summed E-state index contributed by atoms with van der Waals surface area (Å²) in [5.74, 6) is 0.548. The lowest BCUT2D eigenvalue weighted by Crippen LogP contribution is -2.54. The number of amides is 1. The van der Waals surface area contributed by atoms with Crippen LogP contribution in [-0.4, -0.2) is 44.9 Å². The summed E-state index contributed by atoms with van der Waals surface area (Å²) in [5.41, 5.74) is 1.92. The molecule has 1 fully saturated rings. The van der Waals surface area contributed by atoms with Crippen LogP contribution in [0.15, 0.2) is 47.4 Å². The van der Waals surface area contributed by atoms with Crippen molar-refractivity contribution < 1.29 is 22.7 Å². The highest BCUT2D eigenvalue weighted by Crippen LogP contribution is 2.34. The van der Waals surface area contributed by atoms with Gasteiger partial charge in [0.1, 0.15) is 6.04 Å². The Morgan fingerprint density at radius 2 is 1.66 bits per heavy atom. The molecule has 0 radical (unpaired) electrons. The van der Waals surface area contributed by atoms with Crippen molar-refractivity contribution in [3.8, 4) is 11.5 Å². The van der Waals surface area contributed by atoms with E-state index in [1.54, 1.807) is 6.07 Å². The number of nitrogens with zero attached hydrogens (tertiary/aromatic N) is 1. The van der Waals surface area contributed by atoms with Crippen LogP contribution >= 0.6 is 0 Å². The van der Waals surface area contributed by atoms with Gasteiger partial charge in [-0.05, 0) is 42.5 Å². The molecule has 1 aliphatic carbocycles.